The maximum atomic E-state index is 12.4. The summed E-state index contributed by atoms with van der Waals surface area (Å²) in [5.41, 5.74) is 1.83. The van der Waals surface area contributed by atoms with E-state index in [4.69, 9.17) is 0 Å². The van der Waals surface area contributed by atoms with Gasteiger partial charge in [-0.25, -0.2) is 0 Å². The molecule has 0 aliphatic carbocycles. The highest BCUT2D eigenvalue weighted by Crippen LogP contribution is 2.17. The van der Waals surface area contributed by atoms with Gasteiger partial charge in [-0.3, -0.25) is 9.89 Å². The minimum Gasteiger partial charge on any atom is -0.342 e. The number of hydrogen-bond acceptors (Lipinski definition) is 3. The Morgan fingerprint density at radius 2 is 2.05 bits per heavy atom. The summed E-state index contributed by atoms with van der Waals surface area (Å²) in [6.07, 6.45) is 2.46. The van der Waals surface area contributed by atoms with Gasteiger partial charge in [-0.1, -0.05) is 18.2 Å². The zero-order valence-corrected chi connectivity index (χ0v) is 12.9. The number of aromatic amines is 1. The second-order valence-corrected chi connectivity index (χ2v) is 5.38. The summed E-state index contributed by atoms with van der Waals surface area (Å²) >= 11 is 0. The number of halogens is 1. The van der Waals surface area contributed by atoms with Crippen LogP contribution in [-0.4, -0.2) is 47.2 Å². The number of rotatable bonds is 3. The molecule has 1 fully saturated rings. The van der Waals surface area contributed by atoms with Gasteiger partial charge in [0.1, 0.15) is 0 Å². The van der Waals surface area contributed by atoms with Crippen LogP contribution in [0.3, 0.4) is 0 Å². The smallest absolute Gasteiger partial charge is 0.228 e. The number of benzene rings is 1. The SMILES string of the molecule is CN(C(=O)Cc1[nH]nc2ccccc12)C1CCNCC1.Cl. The monoisotopic (exact) mass is 308 g/mol. The first-order valence-corrected chi connectivity index (χ1v) is 7.14. The molecule has 6 heteroatoms. The van der Waals surface area contributed by atoms with Crippen molar-refractivity contribution in [3.63, 3.8) is 0 Å². The van der Waals surface area contributed by atoms with E-state index < -0.39 is 0 Å². The number of H-pyrrole nitrogens is 1. The van der Waals surface area contributed by atoms with E-state index in [0.29, 0.717) is 12.5 Å². The molecule has 21 heavy (non-hydrogen) atoms. The van der Waals surface area contributed by atoms with Gasteiger partial charge in [0.2, 0.25) is 5.91 Å². The molecule has 1 aromatic heterocycles. The molecular formula is C15H21ClN4O. The number of nitrogens with one attached hydrogen (secondary N) is 2. The Balaban J connectivity index is 0.00000161. The molecule has 0 spiro atoms. The van der Waals surface area contributed by atoms with Crippen LogP contribution in [0.1, 0.15) is 18.5 Å². The van der Waals surface area contributed by atoms with E-state index in [0.717, 1.165) is 42.5 Å². The van der Waals surface area contributed by atoms with Crippen LogP contribution in [0.4, 0.5) is 0 Å². The topological polar surface area (TPSA) is 61.0 Å². The predicted octanol–water partition coefficient (Wildman–Crippen LogP) is 1.74. The molecule has 2 heterocycles. The van der Waals surface area contributed by atoms with Crippen molar-refractivity contribution in [3.8, 4) is 0 Å². The van der Waals surface area contributed by atoms with Crippen LogP contribution in [0.25, 0.3) is 10.9 Å². The Labute approximate surface area is 130 Å². The lowest BCUT2D eigenvalue weighted by atomic mass is 10.0. The zero-order chi connectivity index (χ0) is 13.9. The summed E-state index contributed by atoms with van der Waals surface area (Å²) in [7, 11) is 1.91. The molecule has 0 radical (unpaired) electrons. The number of aromatic nitrogens is 2. The van der Waals surface area contributed by atoms with E-state index in [1.165, 1.54) is 0 Å². The first kappa shape index (κ1) is 15.8. The van der Waals surface area contributed by atoms with Crippen molar-refractivity contribution in [1.29, 1.82) is 0 Å². The Morgan fingerprint density at radius 1 is 1.33 bits per heavy atom. The number of nitrogens with zero attached hydrogens (tertiary/aromatic N) is 2. The van der Waals surface area contributed by atoms with Gasteiger partial charge in [-0.05, 0) is 32.0 Å². The molecule has 114 valence electrons. The maximum Gasteiger partial charge on any atom is 0.228 e. The maximum absolute atomic E-state index is 12.4. The van der Waals surface area contributed by atoms with Gasteiger partial charge < -0.3 is 10.2 Å². The van der Waals surface area contributed by atoms with Gasteiger partial charge in [0.05, 0.1) is 17.6 Å². The van der Waals surface area contributed by atoms with E-state index in [1.807, 2.05) is 36.2 Å². The second kappa shape index (κ2) is 6.91. The predicted molar refractivity (Wildman–Crippen MR) is 85.7 cm³/mol. The summed E-state index contributed by atoms with van der Waals surface area (Å²) in [5.74, 6) is 0.159. The van der Waals surface area contributed by atoms with E-state index in [-0.39, 0.29) is 18.3 Å². The molecule has 1 amide bonds. The third kappa shape index (κ3) is 3.36. The molecular weight excluding hydrogens is 288 g/mol. The molecule has 1 saturated heterocycles. The second-order valence-electron chi connectivity index (χ2n) is 5.38. The minimum atomic E-state index is 0. The van der Waals surface area contributed by atoms with Crippen LogP contribution < -0.4 is 5.32 Å². The average molecular weight is 309 g/mol. The Hall–Kier alpha value is -1.59. The number of likely N-dealkylation sites (N-methyl/N-ethyl adjacent to an activating group) is 1. The van der Waals surface area contributed by atoms with Crippen LogP contribution in [0.5, 0.6) is 0 Å². The zero-order valence-electron chi connectivity index (χ0n) is 12.1. The highest BCUT2D eigenvalue weighted by atomic mass is 35.5. The van der Waals surface area contributed by atoms with Crippen molar-refractivity contribution in [1.82, 2.24) is 20.4 Å². The summed E-state index contributed by atoms with van der Waals surface area (Å²) in [6.45, 7) is 1.99. The van der Waals surface area contributed by atoms with Crippen LogP contribution >= 0.6 is 12.4 Å². The number of piperidine rings is 1. The van der Waals surface area contributed by atoms with Crippen molar-refractivity contribution in [2.24, 2.45) is 0 Å². The third-order valence-corrected chi connectivity index (χ3v) is 4.12. The normalized spacial score (nSPS) is 15.7. The van der Waals surface area contributed by atoms with E-state index in [9.17, 15) is 4.79 Å². The fourth-order valence-corrected chi connectivity index (χ4v) is 2.82. The van der Waals surface area contributed by atoms with E-state index in [1.54, 1.807) is 0 Å². The van der Waals surface area contributed by atoms with Gasteiger partial charge >= 0.3 is 0 Å². The Bertz CT molecular complexity index is 606. The number of fused-ring (bicyclic) bond motifs is 1. The van der Waals surface area contributed by atoms with Crippen molar-refractivity contribution < 1.29 is 4.79 Å². The van der Waals surface area contributed by atoms with Crippen molar-refractivity contribution in [3.05, 3.63) is 30.0 Å². The van der Waals surface area contributed by atoms with Crippen molar-refractivity contribution in [2.45, 2.75) is 25.3 Å². The molecule has 0 bridgehead atoms. The number of para-hydroxylation sites is 1. The van der Waals surface area contributed by atoms with Crippen LogP contribution in [0.15, 0.2) is 24.3 Å². The summed E-state index contributed by atoms with van der Waals surface area (Å²) in [6, 6.07) is 8.25. The standard InChI is InChI=1S/C15H20N4O.ClH/c1-19(11-6-8-16-9-7-11)15(20)10-14-12-4-2-3-5-13(12)17-18-14;/h2-5,11,16H,6-10H2,1H3,(H,17,18);1H. The fourth-order valence-electron chi connectivity index (χ4n) is 2.82. The molecule has 0 atom stereocenters. The number of hydrogen-bond donors (Lipinski definition) is 2. The lowest BCUT2D eigenvalue weighted by Gasteiger charge is -2.31. The molecule has 0 saturated carbocycles. The van der Waals surface area contributed by atoms with Gasteiger partial charge in [0, 0.05) is 18.5 Å². The number of carbonyl (C=O) groups is 1. The minimum absolute atomic E-state index is 0. The molecule has 1 aliphatic heterocycles. The molecule has 2 aromatic rings. The van der Waals surface area contributed by atoms with Gasteiger partial charge in [-0.15, -0.1) is 12.4 Å². The van der Waals surface area contributed by atoms with Crippen molar-refractivity contribution >= 4 is 29.2 Å². The molecule has 1 aromatic carbocycles. The molecule has 5 nitrogen and oxygen atoms in total. The Morgan fingerprint density at radius 3 is 2.81 bits per heavy atom. The van der Waals surface area contributed by atoms with Crippen LogP contribution in [-0.2, 0) is 11.2 Å². The molecule has 2 N–H and O–H groups in total. The van der Waals surface area contributed by atoms with Crippen LogP contribution in [0.2, 0.25) is 0 Å². The van der Waals surface area contributed by atoms with Gasteiger partial charge in [-0.2, -0.15) is 5.10 Å². The summed E-state index contributed by atoms with van der Waals surface area (Å²) in [5, 5.41) is 11.6. The average Bonchev–Trinajstić information content (AvgIpc) is 2.91. The molecule has 0 unspecified atom stereocenters. The first-order valence-electron chi connectivity index (χ1n) is 7.14. The van der Waals surface area contributed by atoms with Gasteiger partial charge in [0.15, 0.2) is 0 Å². The number of amides is 1. The third-order valence-electron chi connectivity index (χ3n) is 4.12. The quantitative estimate of drug-likeness (QED) is 0.908. The largest absolute Gasteiger partial charge is 0.342 e. The highest BCUT2D eigenvalue weighted by molar-refractivity contribution is 5.87. The van der Waals surface area contributed by atoms with Crippen LogP contribution in [0, 0.1) is 0 Å². The molecule has 1 aliphatic rings. The summed E-state index contributed by atoms with van der Waals surface area (Å²) < 4.78 is 0. The lowest BCUT2D eigenvalue weighted by Crippen LogP contribution is -2.44. The van der Waals surface area contributed by atoms with E-state index >= 15 is 0 Å². The highest BCUT2D eigenvalue weighted by Gasteiger charge is 2.22. The fraction of sp³-hybridized carbons (Fsp3) is 0.467. The summed E-state index contributed by atoms with van der Waals surface area (Å²) in [4.78, 5) is 14.3. The van der Waals surface area contributed by atoms with E-state index in [2.05, 4.69) is 15.5 Å². The Kier molecular flexibility index (Phi) is 5.20. The molecule has 3 rings (SSSR count). The number of carbonyl (C=O) groups excluding carboxylic acids is 1. The van der Waals surface area contributed by atoms with Crippen molar-refractivity contribution in [2.75, 3.05) is 20.1 Å². The van der Waals surface area contributed by atoms with Gasteiger partial charge in [0.25, 0.3) is 0 Å². The lowest BCUT2D eigenvalue weighted by molar-refractivity contribution is -0.131. The first-order chi connectivity index (χ1) is 9.75.